The molecule has 0 amide bonds. The van der Waals surface area contributed by atoms with Gasteiger partial charge in [-0.1, -0.05) is 0 Å². The molecule has 4 nitrogen and oxygen atoms in total. The van der Waals surface area contributed by atoms with Crippen LogP contribution in [0.1, 0.15) is 6.42 Å². The van der Waals surface area contributed by atoms with E-state index in [-0.39, 0.29) is 0 Å². The Morgan fingerprint density at radius 1 is 0.923 bits per heavy atom. The lowest BCUT2D eigenvalue weighted by atomic mass is 10.3. The molecule has 0 spiro atoms. The predicted octanol–water partition coefficient (Wildman–Crippen LogP) is -0.608. The Balaban J connectivity index is 2.14. The van der Waals surface area contributed by atoms with E-state index >= 15 is 0 Å². The Kier molecular flexibility index (Phi) is 4.64. The van der Waals surface area contributed by atoms with Crippen LogP contribution in [0.5, 0.6) is 0 Å². The van der Waals surface area contributed by atoms with Crippen LogP contribution >= 0.6 is 0 Å². The average molecular weight is 184 g/mol. The number of nitrogens with zero attached hydrogens (tertiary/aromatic N) is 2. The largest absolute Gasteiger partial charge is 0.303 e. The molecule has 1 heterocycles. The summed E-state index contributed by atoms with van der Waals surface area (Å²) >= 11 is 0. The summed E-state index contributed by atoms with van der Waals surface area (Å²) in [5.74, 6) is 0. The van der Waals surface area contributed by atoms with Crippen LogP contribution in [0, 0.1) is 0 Å². The summed E-state index contributed by atoms with van der Waals surface area (Å²) in [7, 11) is 0. The monoisotopic (exact) mass is 184 g/mol. The second kappa shape index (κ2) is 5.83. The molecular weight excluding hydrogens is 168 g/mol. The molecule has 0 N–H and O–H groups in total. The summed E-state index contributed by atoms with van der Waals surface area (Å²) < 4.78 is 0. The highest BCUT2D eigenvalue weighted by Crippen LogP contribution is 2.00. The Bertz CT molecular complexity index is 165. The molecule has 0 radical (unpaired) electrons. The zero-order chi connectivity index (χ0) is 9.52. The van der Waals surface area contributed by atoms with Gasteiger partial charge in [0.1, 0.15) is 12.6 Å². The minimum Gasteiger partial charge on any atom is -0.303 e. The molecule has 0 aromatic carbocycles. The molecule has 74 valence electrons. The highest BCUT2D eigenvalue weighted by molar-refractivity contribution is 5.52. The van der Waals surface area contributed by atoms with Gasteiger partial charge in [-0.25, -0.2) is 0 Å². The molecule has 0 aromatic heterocycles. The SMILES string of the molecule is O=CCCN1CCN(CC=O)CC1. The lowest BCUT2D eigenvalue weighted by molar-refractivity contribution is -0.109. The normalized spacial score (nSPS) is 20.0. The predicted molar refractivity (Wildman–Crippen MR) is 49.6 cm³/mol. The number of carbonyl (C=O) groups is 2. The van der Waals surface area contributed by atoms with Gasteiger partial charge in [0.25, 0.3) is 0 Å². The van der Waals surface area contributed by atoms with E-state index in [0.29, 0.717) is 13.0 Å². The van der Waals surface area contributed by atoms with Gasteiger partial charge in [-0.15, -0.1) is 0 Å². The first-order valence-electron chi connectivity index (χ1n) is 4.69. The van der Waals surface area contributed by atoms with Crippen LogP contribution < -0.4 is 0 Å². The Labute approximate surface area is 78.5 Å². The van der Waals surface area contributed by atoms with Crippen LogP contribution in [0.25, 0.3) is 0 Å². The first-order valence-corrected chi connectivity index (χ1v) is 4.69. The standard InChI is InChI=1S/C9H16N2O2/c12-8-1-2-10-3-5-11(6-4-10)7-9-13/h8-9H,1-7H2. The third kappa shape index (κ3) is 3.65. The molecule has 0 unspecified atom stereocenters. The van der Waals surface area contributed by atoms with Crippen molar-refractivity contribution < 1.29 is 9.59 Å². The van der Waals surface area contributed by atoms with Crippen molar-refractivity contribution >= 4 is 12.6 Å². The van der Waals surface area contributed by atoms with Crippen LogP contribution in [0.15, 0.2) is 0 Å². The van der Waals surface area contributed by atoms with Crippen LogP contribution in [0.2, 0.25) is 0 Å². The van der Waals surface area contributed by atoms with E-state index in [4.69, 9.17) is 0 Å². The number of aldehydes is 2. The van der Waals surface area contributed by atoms with Gasteiger partial charge < -0.3 is 14.5 Å². The topological polar surface area (TPSA) is 40.6 Å². The highest BCUT2D eigenvalue weighted by Gasteiger charge is 2.15. The summed E-state index contributed by atoms with van der Waals surface area (Å²) in [6.45, 7) is 5.23. The van der Waals surface area contributed by atoms with E-state index in [2.05, 4.69) is 9.80 Å². The number of hydrogen-bond donors (Lipinski definition) is 0. The molecule has 0 bridgehead atoms. The molecule has 0 atom stereocenters. The van der Waals surface area contributed by atoms with Crippen LogP contribution in [-0.4, -0.2) is 61.6 Å². The van der Waals surface area contributed by atoms with Gasteiger partial charge >= 0.3 is 0 Å². The molecule has 0 saturated carbocycles. The molecule has 0 aliphatic carbocycles. The zero-order valence-corrected chi connectivity index (χ0v) is 7.82. The molecule has 1 saturated heterocycles. The number of carbonyl (C=O) groups excluding carboxylic acids is 2. The van der Waals surface area contributed by atoms with Gasteiger partial charge in [0.05, 0.1) is 6.54 Å². The van der Waals surface area contributed by atoms with Gasteiger partial charge in [0, 0.05) is 39.1 Å². The van der Waals surface area contributed by atoms with Crippen molar-refractivity contribution in [2.24, 2.45) is 0 Å². The van der Waals surface area contributed by atoms with E-state index in [1.54, 1.807) is 0 Å². The van der Waals surface area contributed by atoms with Crippen molar-refractivity contribution in [1.82, 2.24) is 9.80 Å². The van der Waals surface area contributed by atoms with Crippen molar-refractivity contribution in [3.05, 3.63) is 0 Å². The summed E-state index contributed by atoms with van der Waals surface area (Å²) in [5, 5.41) is 0. The quantitative estimate of drug-likeness (QED) is 0.535. The van der Waals surface area contributed by atoms with Crippen LogP contribution in [0.4, 0.5) is 0 Å². The highest BCUT2D eigenvalue weighted by atomic mass is 16.1. The minimum atomic E-state index is 0.543. The first-order chi connectivity index (χ1) is 6.36. The molecule has 1 aliphatic heterocycles. The van der Waals surface area contributed by atoms with Crippen molar-refractivity contribution in [1.29, 1.82) is 0 Å². The number of hydrogen-bond acceptors (Lipinski definition) is 4. The average Bonchev–Trinajstić information content (AvgIpc) is 2.17. The van der Waals surface area contributed by atoms with Gasteiger partial charge in [-0.05, 0) is 0 Å². The maximum absolute atomic E-state index is 10.2. The fraction of sp³-hybridized carbons (Fsp3) is 0.778. The zero-order valence-electron chi connectivity index (χ0n) is 7.82. The fourth-order valence-electron chi connectivity index (χ4n) is 1.54. The summed E-state index contributed by atoms with van der Waals surface area (Å²) in [6.07, 6.45) is 2.52. The molecule has 1 fully saturated rings. The molecule has 4 heteroatoms. The number of rotatable bonds is 5. The molecule has 1 rings (SSSR count). The second-order valence-corrected chi connectivity index (χ2v) is 3.26. The van der Waals surface area contributed by atoms with Gasteiger partial charge in [0.2, 0.25) is 0 Å². The molecular formula is C9H16N2O2. The molecule has 1 aliphatic rings. The minimum absolute atomic E-state index is 0.543. The summed E-state index contributed by atoms with van der Waals surface area (Å²) in [6, 6.07) is 0. The lowest BCUT2D eigenvalue weighted by Gasteiger charge is -2.33. The molecule has 0 aromatic rings. The van der Waals surface area contributed by atoms with E-state index in [1.807, 2.05) is 0 Å². The van der Waals surface area contributed by atoms with Crippen molar-refractivity contribution in [2.75, 3.05) is 39.3 Å². The molecule has 13 heavy (non-hydrogen) atoms. The fourth-order valence-corrected chi connectivity index (χ4v) is 1.54. The van der Waals surface area contributed by atoms with Crippen LogP contribution in [-0.2, 0) is 9.59 Å². The van der Waals surface area contributed by atoms with Crippen LogP contribution in [0.3, 0.4) is 0 Å². The van der Waals surface area contributed by atoms with E-state index in [9.17, 15) is 9.59 Å². The van der Waals surface area contributed by atoms with Gasteiger partial charge in [-0.3, -0.25) is 4.90 Å². The summed E-state index contributed by atoms with van der Waals surface area (Å²) in [5.41, 5.74) is 0. The van der Waals surface area contributed by atoms with E-state index in [1.165, 1.54) is 0 Å². The van der Waals surface area contributed by atoms with E-state index in [0.717, 1.165) is 45.3 Å². The summed E-state index contributed by atoms with van der Waals surface area (Å²) in [4.78, 5) is 24.7. The Morgan fingerprint density at radius 3 is 2.08 bits per heavy atom. The van der Waals surface area contributed by atoms with Crippen molar-refractivity contribution in [3.8, 4) is 0 Å². The van der Waals surface area contributed by atoms with Gasteiger partial charge in [-0.2, -0.15) is 0 Å². The first kappa shape index (κ1) is 10.3. The third-order valence-corrected chi connectivity index (χ3v) is 2.36. The lowest BCUT2D eigenvalue weighted by Crippen LogP contribution is -2.47. The van der Waals surface area contributed by atoms with Crippen molar-refractivity contribution in [2.45, 2.75) is 6.42 Å². The third-order valence-electron chi connectivity index (χ3n) is 2.36. The Morgan fingerprint density at radius 2 is 1.54 bits per heavy atom. The van der Waals surface area contributed by atoms with Gasteiger partial charge in [0.15, 0.2) is 0 Å². The number of piperazine rings is 1. The maximum Gasteiger partial charge on any atom is 0.133 e. The maximum atomic E-state index is 10.2. The smallest absolute Gasteiger partial charge is 0.133 e. The second-order valence-electron chi connectivity index (χ2n) is 3.26. The van der Waals surface area contributed by atoms with E-state index < -0.39 is 0 Å². The Hall–Kier alpha value is -0.740. The van der Waals surface area contributed by atoms with Crippen molar-refractivity contribution in [3.63, 3.8) is 0 Å².